The van der Waals surface area contributed by atoms with Crippen LogP contribution in [-0.4, -0.2) is 23.5 Å². The van der Waals surface area contributed by atoms with Gasteiger partial charge in [0.1, 0.15) is 0 Å². The van der Waals surface area contributed by atoms with E-state index in [1.165, 1.54) is 18.4 Å². The Bertz CT molecular complexity index is 372. The molecular formula is C13H17ClN2. The van der Waals surface area contributed by atoms with Crippen molar-refractivity contribution < 1.29 is 0 Å². The monoisotopic (exact) mass is 236 g/mol. The maximum absolute atomic E-state index is 6.08. The molecule has 0 spiro atoms. The molecule has 1 aliphatic carbocycles. The molecule has 16 heavy (non-hydrogen) atoms. The van der Waals surface area contributed by atoms with E-state index in [1.54, 1.807) is 0 Å². The third-order valence-corrected chi connectivity index (χ3v) is 3.89. The third kappa shape index (κ3) is 1.97. The fraction of sp³-hybridized carbons (Fsp3) is 0.538. The van der Waals surface area contributed by atoms with Crippen molar-refractivity contribution >= 4 is 11.6 Å². The molecule has 2 nitrogen and oxygen atoms in total. The Kier molecular flexibility index (Phi) is 2.66. The SMILES string of the molecule is NC1CC(c2ccc(Cl)cc2)N(C2CC2)C1. The van der Waals surface area contributed by atoms with Crippen molar-refractivity contribution in [3.63, 3.8) is 0 Å². The standard InChI is InChI=1S/C13H17ClN2/c14-10-3-1-9(2-4-10)13-7-11(15)8-16(13)12-5-6-12/h1-4,11-13H,5-8,15H2. The summed E-state index contributed by atoms with van der Waals surface area (Å²) in [6.45, 7) is 1.05. The van der Waals surface area contributed by atoms with Crippen molar-refractivity contribution in [3.8, 4) is 0 Å². The highest BCUT2D eigenvalue weighted by Crippen LogP contribution is 2.40. The molecule has 0 bridgehead atoms. The normalized spacial score (nSPS) is 30.9. The van der Waals surface area contributed by atoms with E-state index in [1.807, 2.05) is 12.1 Å². The van der Waals surface area contributed by atoms with E-state index >= 15 is 0 Å². The first-order valence-corrected chi connectivity index (χ1v) is 6.38. The highest BCUT2D eigenvalue weighted by molar-refractivity contribution is 6.30. The summed E-state index contributed by atoms with van der Waals surface area (Å²) < 4.78 is 0. The molecule has 1 aromatic rings. The molecule has 0 amide bonds. The minimum atomic E-state index is 0.335. The van der Waals surface area contributed by atoms with Crippen molar-refractivity contribution in [3.05, 3.63) is 34.9 Å². The van der Waals surface area contributed by atoms with Crippen molar-refractivity contribution in [2.24, 2.45) is 5.73 Å². The summed E-state index contributed by atoms with van der Waals surface area (Å²) in [5.41, 5.74) is 7.45. The van der Waals surface area contributed by atoms with Crippen LogP contribution >= 0.6 is 11.6 Å². The molecule has 3 rings (SSSR count). The lowest BCUT2D eigenvalue weighted by atomic mass is 10.0. The van der Waals surface area contributed by atoms with Gasteiger partial charge in [0.15, 0.2) is 0 Å². The van der Waals surface area contributed by atoms with Crippen LogP contribution in [0.2, 0.25) is 5.02 Å². The molecule has 1 saturated heterocycles. The molecule has 2 unspecified atom stereocenters. The number of rotatable bonds is 2. The predicted octanol–water partition coefficient (Wildman–Crippen LogP) is 2.58. The molecule has 86 valence electrons. The van der Waals surface area contributed by atoms with E-state index in [9.17, 15) is 0 Å². The van der Waals surface area contributed by atoms with Crippen LogP contribution in [-0.2, 0) is 0 Å². The lowest BCUT2D eigenvalue weighted by Crippen LogP contribution is -2.29. The Morgan fingerprint density at radius 2 is 1.88 bits per heavy atom. The van der Waals surface area contributed by atoms with Gasteiger partial charge in [-0.05, 0) is 37.0 Å². The van der Waals surface area contributed by atoms with Gasteiger partial charge in [0.2, 0.25) is 0 Å². The van der Waals surface area contributed by atoms with Crippen LogP contribution in [0, 0.1) is 0 Å². The molecule has 1 aromatic carbocycles. The lowest BCUT2D eigenvalue weighted by Gasteiger charge is -2.24. The van der Waals surface area contributed by atoms with Crippen LogP contribution in [0.25, 0.3) is 0 Å². The van der Waals surface area contributed by atoms with Crippen molar-refractivity contribution in [1.29, 1.82) is 0 Å². The molecule has 0 aromatic heterocycles. The van der Waals surface area contributed by atoms with E-state index in [-0.39, 0.29) is 0 Å². The number of nitrogens with two attached hydrogens (primary N) is 1. The Labute approximate surface area is 101 Å². The van der Waals surface area contributed by atoms with Gasteiger partial charge in [-0.2, -0.15) is 0 Å². The van der Waals surface area contributed by atoms with Crippen LogP contribution in [0.15, 0.2) is 24.3 Å². The smallest absolute Gasteiger partial charge is 0.0406 e. The summed E-state index contributed by atoms with van der Waals surface area (Å²) >= 11 is 5.92. The van der Waals surface area contributed by atoms with Gasteiger partial charge >= 0.3 is 0 Å². The van der Waals surface area contributed by atoms with E-state index in [4.69, 9.17) is 17.3 Å². The van der Waals surface area contributed by atoms with Crippen molar-refractivity contribution in [1.82, 2.24) is 4.90 Å². The van der Waals surface area contributed by atoms with E-state index in [0.29, 0.717) is 12.1 Å². The van der Waals surface area contributed by atoms with E-state index in [0.717, 1.165) is 24.0 Å². The number of hydrogen-bond donors (Lipinski definition) is 1. The first kappa shape index (κ1) is 10.6. The van der Waals surface area contributed by atoms with Crippen LogP contribution < -0.4 is 5.73 Å². The average molecular weight is 237 g/mol. The third-order valence-electron chi connectivity index (χ3n) is 3.64. The number of hydrogen-bond acceptors (Lipinski definition) is 2. The zero-order valence-corrected chi connectivity index (χ0v) is 10.0. The van der Waals surface area contributed by atoms with Crippen LogP contribution in [0.3, 0.4) is 0 Å². The quantitative estimate of drug-likeness (QED) is 0.855. The number of nitrogens with zero attached hydrogens (tertiary/aromatic N) is 1. The van der Waals surface area contributed by atoms with Gasteiger partial charge in [0.25, 0.3) is 0 Å². The van der Waals surface area contributed by atoms with E-state index < -0.39 is 0 Å². The number of likely N-dealkylation sites (tertiary alicyclic amines) is 1. The fourth-order valence-corrected chi connectivity index (χ4v) is 2.84. The first-order valence-electron chi connectivity index (χ1n) is 6.01. The Morgan fingerprint density at radius 3 is 2.50 bits per heavy atom. The van der Waals surface area contributed by atoms with Gasteiger partial charge < -0.3 is 5.73 Å². The topological polar surface area (TPSA) is 29.3 Å². The summed E-state index contributed by atoms with van der Waals surface area (Å²) in [5.74, 6) is 0. The Hall–Kier alpha value is -0.570. The fourth-order valence-electron chi connectivity index (χ4n) is 2.72. The van der Waals surface area contributed by atoms with Gasteiger partial charge in [-0.25, -0.2) is 0 Å². The minimum absolute atomic E-state index is 0.335. The molecule has 3 heteroatoms. The summed E-state index contributed by atoms with van der Waals surface area (Å²) in [4.78, 5) is 2.58. The maximum Gasteiger partial charge on any atom is 0.0406 e. The van der Waals surface area contributed by atoms with Crippen LogP contribution in [0.4, 0.5) is 0 Å². The van der Waals surface area contributed by atoms with Gasteiger partial charge in [0, 0.05) is 29.7 Å². The van der Waals surface area contributed by atoms with E-state index in [2.05, 4.69) is 17.0 Å². The molecule has 2 aliphatic rings. The summed E-state index contributed by atoms with van der Waals surface area (Å²) in [5, 5.41) is 0.809. The molecule has 1 aliphatic heterocycles. The van der Waals surface area contributed by atoms with Gasteiger partial charge in [0.05, 0.1) is 0 Å². The van der Waals surface area contributed by atoms with Crippen LogP contribution in [0.1, 0.15) is 30.9 Å². The van der Waals surface area contributed by atoms with Gasteiger partial charge in [-0.15, -0.1) is 0 Å². The maximum atomic E-state index is 6.08. The number of halogens is 1. The highest BCUT2D eigenvalue weighted by atomic mass is 35.5. The summed E-state index contributed by atoms with van der Waals surface area (Å²) in [6.07, 6.45) is 3.77. The Morgan fingerprint density at radius 1 is 1.19 bits per heavy atom. The van der Waals surface area contributed by atoms with Gasteiger partial charge in [-0.3, -0.25) is 4.90 Å². The van der Waals surface area contributed by atoms with Gasteiger partial charge in [-0.1, -0.05) is 23.7 Å². The zero-order valence-electron chi connectivity index (χ0n) is 9.27. The van der Waals surface area contributed by atoms with Crippen molar-refractivity contribution in [2.45, 2.75) is 37.4 Å². The molecule has 0 radical (unpaired) electrons. The lowest BCUT2D eigenvalue weighted by molar-refractivity contribution is 0.245. The molecule has 1 saturated carbocycles. The second kappa shape index (κ2) is 4.02. The van der Waals surface area contributed by atoms with Crippen LogP contribution in [0.5, 0.6) is 0 Å². The highest BCUT2D eigenvalue weighted by Gasteiger charge is 2.40. The average Bonchev–Trinajstić information content (AvgIpc) is 3.04. The summed E-state index contributed by atoms with van der Waals surface area (Å²) in [6, 6.07) is 9.87. The molecule has 2 N–H and O–H groups in total. The molecule has 2 fully saturated rings. The molecular weight excluding hydrogens is 220 g/mol. The molecule has 2 atom stereocenters. The predicted molar refractivity (Wildman–Crippen MR) is 66.5 cm³/mol. The second-order valence-corrected chi connectivity index (χ2v) is 5.43. The zero-order chi connectivity index (χ0) is 11.1. The Balaban J connectivity index is 1.84. The number of benzene rings is 1. The molecule has 1 heterocycles. The summed E-state index contributed by atoms with van der Waals surface area (Å²) in [7, 11) is 0. The second-order valence-electron chi connectivity index (χ2n) is 4.99. The minimum Gasteiger partial charge on any atom is -0.326 e. The largest absolute Gasteiger partial charge is 0.326 e. The first-order chi connectivity index (χ1) is 7.74. The van der Waals surface area contributed by atoms with Crippen molar-refractivity contribution in [2.75, 3.05) is 6.54 Å².